The highest BCUT2D eigenvalue weighted by atomic mass is 127. The van der Waals surface area contributed by atoms with Gasteiger partial charge >= 0.3 is 0 Å². The summed E-state index contributed by atoms with van der Waals surface area (Å²) >= 11 is 7.47. The van der Waals surface area contributed by atoms with Crippen LogP contribution in [0.4, 0.5) is 0 Å². The molecule has 0 atom stereocenters. The predicted octanol–water partition coefficient (Wildman–Crippen LogP) is 4.91. The fraction of sp³-hybridized carbons (Fsp3) is 0. The molecular weight excluding hydrogens is 399 g/mol. The first-order chi connectivity index (χ1) is 7.65. The monoisotopic (exact) mass is 406 g/mol. The van der Waals surface area contributed by atoms with Crippen molar-refractivity contribution in [3.05, 3.63) is 50.5 Å². The molecule has 0 radical (unpaired) electrons. The van der Waals surface area contributed by atoms with Gasteiger partial charge in [-0.2, -0.15) is 0 Å². The topological polar surface area (TPSA) is 20.2 Å². The van der Waals surface area contributed by atoms with E-state index < -0.39 is 0 Å². The molecule has 2 aromatic rings. The van der Waals surface area contributed by atoms with Crippen LogP contribution in [0, 0.1) is 3.57 Å². The lowest BCUT2D eigenvalue weighted by atomic mass is 10.3. The van der Waals surface area contributed by atoms with Crippen molar-refractivity contribution in [2.24, 2.45) is 0 Å². The molecule has 0 saturated carbocycles. The maximum atomic E-state index is 9.19. The van der Waals surface area contributed by atoms with E-state index in [9.17, 15) is 5.11 Å². The third kappa shape index (κ3) is 3.15. The van der Waals surface area contributed by atoms with E-state index in [1.807, 2.05) is 12.1 Å². The Bertz CT molecular complexity index is 499. The third-order valence-corrected chi connectivity index (χ3v) is 5.30. The van der Waals surface area contributed by atoms with E-state index in [0.717, 1.165) is 9.37 Å². The summed E-state index contributed by atoms with van der Waals surface area (Å²) in [6.07, 6.45) is 0. The van der Waals surface area contributed by atoms with E-state index in [-0.39, 0.29) is 0 Å². The summed E-state index contributed by atoms with van der Waals surface area (Å²) in [7, 11) is 0. The average molecular weight is 407 g/mol. The van der Waals surface area contributed by atoms with Crippen LogP contribution in [-0.2, 0) is 0 Å². The fourth-order valence-electron chi connectivity index (χ4n) is 1.19. The average Bonchev–Trinajstić information content (AvgIpc) is 2.27. The van der Waals surface area contributed by atoms with Crippen LogP contribution >= 0.6 is 50.3 Å². The number of hydrogen-bond donors (Lipinski definition) is 1. The molecule has 1 N–H and O–H groups in total. The number of phenols is 1. The molecule has 0 aromatic heterocycles. The van der Waals surface area contributed by atoms with Gasteiger partial charge in [0.15, 0.2) is 0 Å². The van der Waals surface area contributed by atoms with Crippen LogP contribution in [0.25, 0.3) is 0 Å². The van der Waals surface area contributed by atoms with E-state index in [1.165, 1.54) is 8.47 Å². The summed E-state index contributed by atoms with van der Waals surface area (Å²) < 4.78 is 2.31. The standard InChI is InChI=1S/C12H8BrIOS/c13-11-7-10(5-6-12(11)14)16-9-3-1-8(15)2-4-9/h1-7,15H. The van der Waals surface area contributed by atoms with Crippen LogP contribution < -0.4 is 0 Å². The van der Waals surface area contributed by atoms with Gasteiger partial charge in [0, 0.05) is 17.8 Å². The van der Waals surface area contributed by atoms with Crippen LogP contribution in [0.3, 0.4) is 0 Å². The van der Waals surface area contributed by atoms with Crippen molar-refractivity contribution in [1.29, 1.82) is 0 Å². The Labute approximate surface area is 121 Å². The van der Waals surface area contributed by atoms with Gasteiger partial charge in [0.1, 0.15) is 5.75 Å². The second-order valence-corrected chi connectivity index (χ2v) is 6.34. The molecule has 0 amide bonds. The quantitative estimate of drug-likeness (QED) is 0.715. The highest BCUT2D eigenvalue weighted by Crippen LogP contribution is 2.32. The van der Waals surface area contributed by atoms with Crippen molar-refractivity contribution in [3.63, 3.8) is 0 Å². The molecular formula is C12H8BrIOS. The van der Waals surface area contributed by atoms with Gasteiger partial charge in [0.25, 0.3) is 0 Å². The van der Waals surface area contributed by atoms with E-state index >= 15 is 0 Å². The van der Waals surface area contributed by atoms with E-state index in [1.54, 1.807) is 23.9 Å². The van der Waals surface area contributed by atoms with Gasteiger partial charge in [0.2, 0.25) is 0 Å². The minimum atomic E-state index is 0.299. The molecule has 82 valence electrons. The summed E-state index contributed by atoms with van der Waals surface area (Å²) in [4.78, 5) is 2.30. The second-order valence-electron chi connectivity index (χ2n) is 3.17. The maximum absolute atomic E-state index is 9.19. The smallest absolute Gasteiger partial charge is 0.115 e. The van der Waals surface area contributed by atoms with Crippen molar-refractivity contribution in [3.8, 4) is 5.75 Å². The van der Waals surface area contributed by atoms with Crippen molar-refractivity contribution >= 4 is 50.3 Å². The number of phenolic OH excluding ortho intramolecular Hbond substituents is 1. The molecule has 0 aliphatic heterocycles. The molecule has 2 rings (SSSR count). The zero-order valence-corrected chi connectivity index (χ0v) is 12.7. The van der Waals surface area contributed by atoms with E-state index in [2.05, 4.69) is 56.7 Å². The van der Waals surface area contributed by atoms with Crippen LogP contribution in [-0.4, -0.2) is 5.11 Å². The van der Waals surface area contributed by atoms with Gasteiger partial charge in [-0.3, -0.25) is 0 Å². The zero-order valence-electron chi connectivity index (χ0n) is 8.15. The lowest BCUT2D eigenvalue weighted by Gasteiger charge is -2.03. The van der Waals surface area contributed by atoms with Gasteiger partial charge in [-0.25, -0.2) is 0 Å². The Kier molecular flexibility index (Phi) is 4.16. The SMILES string of the molecule is Oc1ccc(Sc2ccc(I)c(Br)c2)cc1. The van der Waals surface area contributed by atoms with Crippen molar-refractivity contribution < 1.29 is 5.11 Å². The third-order valence-electron chi connectivity index (χ3n) is 1.96. The largest absolute Gasteiger partial charge is 0.508 e. The summed E-state index contributed by atoms with van der Waals surface area (Å²) in [6.45, 7) is 0. The van der Waals surface area contributed by atoms with Gasteiger partial charge < -0.3 is 5.11 Å². The Morgan fingerprint density at radius 3 is 2.25 bits per heavy atom. The fourth-order valence-corrected chi connectivity index (χ4v) is 2.91. The van der Waals surface area contributed by atoms with Crippen molar-refractivity contribution in [1.82, 2.24) is 0 Å². The molecule has 0 saturated heterocycles. The van der Waals surface area contributed by atoms with Crippen LogP contribution in [0.2, 0.25) is 0 Å². The molecule has 0 aliphatic rings. The highest BCUT2D eigenvalue weighted by Gasteiger charge is 2.01. The molecule has 4 heteroatoms. The summed E-state index contributed by atoms with van der Waals surface area (Å²) in [5, 5.41) is 9.19. The normalized spacial score (nSPS) is 10.4. The molecule has 2 aromatic carbocycles. The molecule has 1 nitrogen and oxygen atoms in total. The second kappa shape index (κ2) is 5.42. The number of hydrogen-bond acceptors (Lipinski definition) is 2. The van der Waals surface area contributed by atoms with Gasteiger partial charge in [0.05, 0.1) is 0 Å². The molecule has 0 spiro atoms. The molecule has 0 aliphatic carbocycles. The van der Waals surface area contributed by atoms with Gasteiger partial charge in [-0.1, -0.05) is 11.8 Å². The molecule has 16 heavy (non-hydrogen) atoms. The lowest BCUT2D eigenvalue weighted by Crippen LogP contribution is -1.77. The first-order valence-electron chi connectivity index (χ1n) is 4.57. The zero-order chi connectivity index (χ0) is 11.5. The molecule has 0 heterocycles. The number of rotatable bonds is 2. The Morgan fingerprint density at radius 2 is 1.62 bits per heavy atom. The first kappa shape index (κ1) is 12.3. The van der Waals surface area contributed by atoms with E-state index in [4.69, 9.17) is 0 Å². The molecule has 0 bridgehead atoms. The van der Waals surface area contributed by atoms with Gasteiger partial charge in [-0.05, 0) is 81.0 Å². The van der Waals surface area contributed by atoms with Crippen LogP contribution in [0.1, 0.15) is 0 Å². The minimum absolute atomic E-state index is 0.299. The highest BCUT2D eigenvalue weighted by molar-refractivity contribution is 14.1. The minimum Gasteiger partial charge on any atom is -0.508 e. The summed E-state index contributed by atoms with van der Waals surface area (Å²) in [5.74, 6) is 0.299. The predicted molar refractivity (Wildman–Crippen MR) is 79.1 cm³/mol. The van der Waals surface area contributed by atoms with E-state index in [0.29, 0.717) is 5.75 Å². The Balaban J connectivity index is 2.20. The van der Waals surface area contributed by atoms with Crippen molar-refractivity contribution in [2.45, 2.75) is 9.79 Å². The Morgan fingerprint density at radius 1 is 1.00 bits per heavy atom. The number of benzene rings is 2. The van der Waals surface area contributed by atoms with Crippen LogP contribution in [0.15, 0.2) is 56.7 Å². The maximum Gasteiger partial charge on any atom is 0.115 e. The summed E-state index contributed by atoms with van der Waals surface area (Å²) in [5.41, 5.74) is 0. The lowest BCUT2D eigenvalue weighted by molar-refractivity contribution is 0.475. The van der Waals surface area contributed by atoms with Gasteiger partial charge in [-0.15, -0.1) is 0 Å². The molecule has 0 fully saturated rings. The number of aromatic hydroxyl groups is 1. The van der Waals surface area contributed by atoms with Crippen LogP contribution in [0.5, 0.6) is 5.75 Å². The first-order valence-corrected chi connectivity index (χ1v) is 7.26. The summed E-state index contributed by atoms with van der Waals surface area (Å²) in [6, 6.07) is 13.5. The Hall–Kier alpha value is -0.200. The number of halogens is 2. The van der Waals surface area contributed by atoms with Crippen molar-refractivity contribution in [2.75, 3.05) is 0 Å². The molecule has 0 unspecified atom stereocenters.